The topological polar surface area (TPSA) is 76.0 Å². The molecule has 0 radical (unpaired) electrons. The molecular weight excluding hydrogens is 374 g/mol. The molecule has 0 fully saturated rings. The summed E-state index contributed by atoms with van der Waals surface area (Å²) in [7, 11) is 1.67. The normalized spacial score (nSPS) is 11.0. The standard InChI is InChI=1S/C24H23N5O/c1-4-7-22-21(23-27-28(3)24(30)29(23)16(2)26-22)14-17-10-12-18(13-11-17)20-9-6-5-8-19(20)15-25/h5-6,8-13H,4,7,14H2,1-3H3. The number of benzene rings is 2. The van der Waals surface area contributed by atoms with Gasteiger partial charge in [0.1, 0.15) is 5.82 Å². The van der Waals surface area contributed by atoms with Crippen LogP contribution in [0.3, 0.4) is 0 Å². The molecule has 0 saturated heterocycles. The molecule has 0 saturated carbocycles. The van der Waals surface area contributed by atoms with Gasteiger partial charge in [-0.2, -0.15) is 5.26 Å². The Morgan fingerprint density at radius 3 is 2.53 bits per heavy atom. The molecular formula is C24H23N5O. The van der Waals surface area contributed by atoms with E-state index in [4.69, 9.17) is 4.98 Å². The van der Waals surface area contributed by atoms with Gasteiger partial charge in [-0.25, -0.2) is 18.9 Å². The molecule has 0 unspecified atom stereocenters. The van der Waals surface area contributed by atoms with Gasteiger partial charge in [0.2, 0.25) is 0 Å². The highest BCUT2D eigenvalue weighted by Gasteiger charge is 2.17. The zero-order valence-electron chi connectivity index (χ0n) is 17.4. The Bertz CT molecular complexity index is 1320. The summed E-state index contributed by atoms with van der Waals surface area (Å²) in [6.07, 6.45) is 2.45. The second-order valence-electron chi connectivity index (χ2n) is 7.43. The summed E-state index contributed by atoms with van der Waals surface area (Å²) < 4.78 is 2.96. The summed E-state index contributed by atoms with van der Waals surface area (Å²) in [5.74, 6) is 0.666. The van der Waals surface area contributed by atoms with Crippen molar-refractivity contribution in [3.8, 4) is 17.2 Å². The van der Waals surface area contributed by atoms with Gasteiger partial charge >= 0.3 is 5.69 Å². The summed E-state index contributed by atoms with van der Waals surface area (Å²) in [6.45, 7) is 3.97. The van der Waals surface area contributed by atoms with Crippen LogP contribution in [0.2, 0.25) is 0 Å². The average Bonchev–Trinajstić information content (AvgIpc) is 3.06. The van der Waals surface area contributed by atoms with Crippen LogP contribution < -0.4 is 5.69 Å². The maximum absolute atomic E-state index is 12.5. The molecule has 150 valence electrons. The van der Waals surface area contributed by atoms with Gasteiger partial charge in [-0.05, 0) is 36.1 Å². The summed E-state index contributed by atoms with van der Waals surface area (Å²) in [5.41, 5.74) is 6.18. The second-order valence-corrected chi connectivity index (χ2v) is 7.43. The largest absolute Gasteiger partial charge is 0.351 e. The first-order chi connectivity index (χ1) is 14.5. The minimum Gasteiger partial charge on any atom is -0.246 e. The van der Waals surface area contributed by atoms with E-state index in [1.807, 2.05) is 43.3 Å². The van der Waals surface area contributed by atoms with E-state index in [0.29, 0.717) is 23.5 Å². The minimum absolute atomic E-state index is 0.178. The molecule has 0 N–H and O–H groups in total. The van der Waals surface area contributed by atoms with Crippen molar-refractivity contribution in [2.45, 2.75) is 33.1 Å². The first-order valence-electron chi connectivity index (χ1n) is 10.1. The number of aryl methyl sites for hydroxylation is 3. The van der Waals surface area contributed by atoms with Crippen molar-refractivity contribution in [2.75, 3.05) is 0 Å². The van der Waals surface area contributed by atoms with Crippen molar-refractivity contribution in [1.82, 2.24) is 19.2 Å². The first-order valence-corrected chi connectivity index (χ1v) is 10.1. The third kappa shape index (κ3) is 3.39. The zero-order valence-corrected chi connectivity index (χ0v) is 17.4. The summed E-state index contributed by atoms with van der Waals surface area (Å²) in [6, 6.07) is 18.1. The Balaban J connectivity index is 1.77. The van der Waals surface area contributed by atoms with E-state index >= 15 is 0 Å². The van der Waals surface area contributed by atoms with E-state index in [1.54, 1.807) is 11.4 Å². The van der Waals surface area contributed by atoms with E-state index in [1.165, 1.54) is 4.68 Å². The molecule has 0 atom stereocenters. The molecule has 6 heteroatoms. The lowest BCUT2D eigenvalue weighted by atomic mass is 9.97. The number of fused-ring (bicyclic) bond motifs is 1. The molecule has 0 bridgehead atoms. The monoisotopic (exact) mass is 397 g/mol. The summed E-state index contributed by atoms with van der Waals surface area (Å²) in [4.78, 5) is 17.2. The van der Waals surface area contributed by atoms with Crippen LogP contribution >= 0.6 is 0 Å². The average molecular weight is 397 g/mol. The van der Waals surface area contributed by atoms with Crippen LogP contribution in [0.1, 0.15) is 41.6 Å². The number of hydrogen-bond acceptors (Lipinski definition) is 4. The van der Waals surface area contributed by atoms with Crippen molar-refractivity contribution in [2.24, 2.45) is 7.05 Å². The number of nitrogens with zero attached hydrogens (tertiary/aromatic N) is 5. The van der Waals surface area contributed by atoms with E-state index < -0.39 is 0 Å². The fourth-order valence-electron chi connectivity index (χ4n) is 3.86. The highest BCUT2D eigenvalue weighted by atomic mass is 16.2. The molecule has 6 nitrogen and oxygen atoms in total. The molecule has 4 rings (SSSR count). The molecule has 4 aromatic rings. The zero-order chi connectivity index (χ0) is 21.3. The lowest BCUT2D eigenvalue weighted by Crippen LogP contribution is -2.20. The fraction of sp³-hybridized carbons (Fsp3) is 0.250. The van der Waals surface area contributed by atoms with Gasteiger partial charge in [-0.1, -0.05) is 55.8 Å². The van der Waals surface area contributed by atoms with Crippen LogP contribution in [0, 0.1) is 18.3 Å². The predicted octanol–water partition coefficient (Wildman–Crippen LogP) is 3.82. The summed E-state index contributed by atoms with van der Waals surface area (Å²) >= 11 is 0. The maximum atomic E-state index is 12.5. The third-order valence-corrected chi connectivity index (χ3v) is 5.34. The van der Waals surface area contributed by atoms with Crippen molar-refractivity contribution >= 4 is 5.65 Å². The van der Waals surface area contributed by atoms with Crippen LogP contribution in [-0.4, -0.2) is 19.2 Å². The molecule has 2 aromatic carbocycles. The van der Waals surface area contributed by atoms with Gasteiger partial charge in [0.25, 0.3) is 0 Å². The highest BCUT2D eigenvalue weighted by Crippen LogP contribution is 2.25. The van der Waals surface area contributed by atoms with Gasteiger partial charge < -0.3 is 0 Å². The number of aromatic nitrogens is 4. The van der Waals surface area contributed by atoms with Gasteiger partial charge in [0.15, 0.2) is 5.65 Å². The van der Waals surface area contributed by atoms with Crippen LogP contribution in [-0.2, 0) is 19.9 Å². The lowest BCUT2D eigenvalue weighted by molar-refractivity contribution is 0.727. The highest BCUT2D eigenvalue weighted by molar-refractivity contribution is 5.70. The van der Waals surface area contributed by atoms with Crippen molar-refractivity contribution in [3.05, 3.63) is 87.2 Å². The van der Waals surface area contributed by atoms with E-state index in [9.17, 15) is 10.1 Å². The molecule has 30 heavy (non-hydrogen) atoms. The van der Waals surface area contributed by atoms with Gasteiger partial charge in [0, 0.05) is 24.7 Å². The fourth-order valence-corrected chi connectivity index (χ4v) is 3.86. The third-order valence-electron chi connectivity index (χ3n) is 5.34. The van der Waals surface area contributed by atoms with Crippen molar-refractivity contribution in [1.29, 1.82) is 5.26 Å². The Morgan fingerprint density at radius 1 is 1.10 bits per heavy atom. The van der Waals surface area contributed by atoms with Crippen molar-refractivity contribution in [3.63, 3.8) is 0 Å². The number of nitriles is 1. The molecule has 0 aliphatic heterocycles. The minimum atomic E-state index is -0.178. The number of rotatable bonds is 5. The Kier molecular flexibility index (Phi) is 5.20. The van der Waals surface area contributed by atoms with E-state index in [2.05, 4.69) is 30.2 Å². The Morgan fingerprint density at radius 2 is 1.83 bits per heavy atom. The Labute approximate surface area is 175 Å². The molecule has 2 aromatic heterocycles. The van der Waals surface area contributed by atoms with Crippen LogP contribution in [0.5, 0.6) is 0 Å². The number of hydrogen-bond donors (Lipinski definition) is 0. The van der Waals surface area contributed by atoms with Gasteiger partial charge in [-0.3, -0.25) is 0 Å². The van der Waals surface area contributed by atoms with Crippen LogP contribution in [0.25, 0.3) is 16.8 Å². The predicted molar refractivity (Wildman–Crippen MR) is 116 cm³/mol. The smallest absolute Gasteiger partial charge is 0.246 e. The molecule has 0 amide bonds. The second kappa shape index (κ2) is 7.96. The van der Waals surface area contributed by atoms with E-state index in [0.717, 1.165) is 40.8 Å². The Hall–Kier alpha value is -3.72. The molecule has 0 aliphatic carbocycles. The quantitative estimate of drug-likeness (QED) is 0.513. The molecule has 0 spiro atoms. The van der Waals surface area contributed by atoms with Crippen LogP contribution in [0.15, 0.2) is 53.3 Å². The van der Waals surface area contributed by atoms with Gasteiger partial charge in [-0.15, -0.1) is 5.10 Å². The van der Waals surface area contributed by atoms with E-state index in [-0.39, 0.29) is 5.69 Å². The van der Waals surface area contributed by atoms with Crippen LogP contribution in [0.4, 0.5) is 0 Å². The lowest BCUT2D eigenvalue weighted by Gasteiger charge is -2.12. The summed E-state index contributed by atoms with van der Waals surface area (Å²) in [5, 5.41) is 13.9. The molecule has 2 heterocycles. The SMILES string of the molecule is CCCc1nc(C)n2c(=O)n(C)nc2c1Cc1ccc(-c2ccccc2C#N)cc1. The maximum Gasteiger partial charge on any atom is 0.351 e. The molecule has 0 aliphatic rings. The van der Waals surface area contributed by atoms with Gasteiger partial charge in [0.05, 0.1) is 11.6 Å². The first kappa shape index (κ1) is 19.6. The van der Waals surface area contributed by atoms with Crippen molar-refractivity contribution < 1.29 is 0 Å².